The second kappa shape index (κ2) is 6.31. The Hall–Kier alpha value is -1.90. The second-order valence-corrected chi connectivity index (χ2v) is 7.54. The van der Waals surface area contributed by atoms with Gasteiger partial charge in [-0.2, -0.15) is 5.26 Å². The molecule has 120 valence electrons. The van der Waals surface area contributed by atoms with Crippen molar-refractivity contribution in [3.8, 4) is 6.07 Å². The first kappa shape index (κ1) is 16.0. The summed E-state index contributed by atoms with van der Waals surface area (Å²) in [6.07, 6.45) is 2.05. The molecule has 1 fully saturated rings. The summed E-state index contributed by atoms with van der Waals surface area (Å²) in [6, 6.07) is 12.8. The van der Waals surface area contributed by atoms with Crippen molar-refractivity contribution < 1.29 is 4.79 Å². The molecule has 0 radical (unpaired) electrons. The summed E-state index contributed by atoms with van der Waals surface area (Å²) in [5, 5.41) is 16.7. The number of hydrogen-bond acceptors (Lipinski definition) is 4. The van der Waals surface area contributed by atoms with Crippen molar-refractivity contribution in [2.75, 3.05) is 6.54 Å². The molecular weight excluding hydrogens is 306 g/mol. The van der Waals surface area contributed by atoms with Crippen LogP contribution < -0.4 is 10.6 Å². The Kier molecular flexibility index (Phi) is 4.38. The Labute approximate surface area is 140 Å². The van der Waals surface area contributed by atoms with Gasteiger partial charge in [0.05, 0.1) is 12.6 Å². The van der Waals surface area contributed by atoms with Gasteiger partial charge in [0, 0.05) is 15.6 Å². The maximum absolute atomic E-state index is 12.1. The van der Waals surface area contributed by atoms with Gasteiger partial charge in [0.25, 0.3) is 0 Å². The van der Waals surface area contributed by atoms with E-state index < -0.39 is 5.54 Å². The molecule has 1 aromatic carbocycles. The maximum atomic E-state index is 12.1. The van der Waals surface area contributed by atoms with Gasteiger partial charge in [-0.25, -0.2) is 0 Å². The average molecular weight is 327 g/mol. The lowest BCUT2D eigenvalue weighted by Crippen LogP contribution is -2.49. The molecule has 23 heavy (non-hydrogen) atoms. The Morgan fingerprint density at radius 2 is 2.22 bits per heavy atom. The van der Waals surface area contributed by atoms with Gasteiger partial charge in [-0.3, -0.25) is 4.79 Å². The molecule has 1 heterocycles. The van der Waals surface area contributed by atoms with Gasteiger partial charge in [-0.1, -0.05) is 18.2 Å². The molecule has 2 atom stereocenters. The number of hydrogen-bond donors (Lipinski definition) is 2. The molecule has 0 aliphatic heterocycles. The number of nitrogens with one attached hydrogen (secondary N) is 2. The highest BCUT2D eigenvalue weighted by atomic mass is 32.1. The molecule has 0 bridgehead atoms. The van der Waals surface area contributed by atoms with Gasteiger partial charge in [-0.05, 0) is 50.1 Å². The van der Waals surface area contributed by atoms with E-state index in [2.05, 4.69) is 41.8 Å². The summed E-state index contributed by atoms with van der Waals surface area (Å²) in [7, 11) is 0. The van der Waals surface area contributed by atoms with Crippen molar-refractivity contribution >= 4 is 27.3 Å². The van der Waals surface area contributed by atoms with Crippen LogP contribution in [0.25, 0.3) is 10.1 Å². The van der Waals surface area contributed by atoms with Crippen molar-refractivity contribution in [3.05, 3.63) is 35.2 Å². The number of benzene rings is 1. The SMILES string of the molecule is C[C@H](NCC(=O)N[C@](C)(C#N)C1CC1)c1cc2ccccc2s1. The van der Waals surface area contributed by atoms with Gasteiger partial charge < -0.3 is 10.6 Å². The lowest BCUT2D eigenvalue weighted by atomic mass is 9.98. The molecule has 3 rings (SSSR count). The Balaban J connectivity index is 1.57. The first-order valence-electron chi connectivity index (χ1n) is 7.96. The van der Waals surface area contributed by atoms with Gasteiger partial charge in [-0.15, -0.1) is 11.3 Å². The third-order valence-electron chi connectivity index (χ3n) is 4.47. The van der Waals surface area contributed by atoms with Crippen LogP contribution in [-0.4, -0.2) is 18.0 Å². The van der Waals surface area contributed by atoms with E-state index in [1.807, 2.05) is 19.1 Å². The van der Waals surface area contributed by atoms with Crippen LogP contribution in [0.3, 0.4) is 0 Å². The second-order valence-electron chi connectivity index (χ2n) is 6.43. The zero-order chi connectivity index (χ0) is 16.4. The largest absolute Gasteiger partial charge is 0.337 e. The summed E-state index contributed by atoms with van der Waals surface area (Å²) in [4.78, 5) is 13.3. The zero-order valence-corrected chi connectivity index (χ0v) is 14.2. The van der Waals surface area contributed by atoms with Gasteiger partial charge >= 0.3 is 0 Å². The topological polar surface area (TPSA) is 64.9 Å². The highest BCUT2D eigenvalue weighted by Crippen LogP contribution is 2.39. The third kappa shape index (κ3) is 3.54. The van der Waals surface area contributed by atoms with E-state index in [-0.39, 0.29) is 18.5 Å². The molecule has 0 saturated heterocycles. The summed E-state index contributed by atoms with van der Waals surface area (Å²) in [5.74, 6) is 0.186. The predicted octanol–water partition coefficient (Wildman–Crippen LogP) is 3.36. The van der Waals surface area contributed by atoms with E-state index in [4.69, 9.17) is 0 Å². The van der Waals surface area contributed by atoms with Gasteiger partial charge in [0.2, 0.25) is 5.91 Å². The van der Waals surface area contributed by atoms with Crippen LogP contribution in [0.2, 0.25) is 0 Å². The standard InChI is InChI=1S/C18H21N3OS/c1-12(16-9-13-5-3-4-6-15(13)23-16)20-10-17(22)21-18(2,11-19)14-7-8-14/h3-6,9,12,14,20H,7-8,10H2,1-2H3,(H,21,22)/t12-,18+/m0/s1. The van der Waals surface area contributed by atoms with Crippen LogP contribution >= 0.6 is 11.3 Å². The lowest BCUT2D eigenvalue weighted by molar-refractivity contribution is -0.121. The van der Waals surface area contributed by atoms with Crippen LogP contribution in [0.15, 0.2) is 30.3 Å². The molecular formula is C18H21N3OS. The summed E-state index contributed by atoms with van der Waals surface area (Å²) in [6.45, 7) is 4.10. The van der Waals surface area contributed by atoms with E-state index >= 15 is 0 Å². The van der Waals surface area contributed by atoms with Crippen molar-refractivity contribution in [1.29, 1.82) is 5.26 Å². The molecule has 1 amide bonds. The van der Waals surface area contributed by atoms with Crippen LogP contribution in [0.5, 0.6) is 0 Å². The van der Waals surface area contributed by atoms with E-state index in [0.29, 0.717) is 5.92 Å². The van der Waals surface area contributed by atoms with Gasteiger partial charge in [0.1, 0.15) is 5.54 Å². The van der Waals surface area contributed by atoms with E-state index in [1.54, 1.807) is 11.3 Å². The quantitative estimate of drug-likeness (QED) is 0.855. The Morgan fingerprint density at radius 3 is 2.87 bits per heavy atom. The number of nitrogens with zero attached hydrogens (tertiary/aromatic N) is 1. The fourth-order valence-electron chi connectivity index (χ4n) is 2.78. The minimum absolute atomic E-state index is 0.104. The predicted molar refractivity (Wildman–Crippen MR) is 93.1 cm³/mol. The number of thiophene rings is 1. The van der Waals surface area contributed by atoms with Crippen LogP contribution in [-0.2, 0) is 4.79 Å². The number of fused-ring (bicyclic) bond motifs is 1. The van der Waals surface area contributed by atoms with Crippen molar-refractivity contribution in [2.24, 2.45) is 5.92 Å². The fourth-order valence-corrected chi connectivity index (χ4v) is 3.87. The molecule has 1 aromatic heterocycles. The van der Waals surface area contributed by atoms with Crippen molar-refractivity contribution in [1.82, 2.24) is 10.6 Å². The highest BCUT2D eigenvalue weighted by Gasteiger charge is 2.42. The monoisotopic (exact) mass is 327 g/mol. The van der Waals surface area contributed by atoms with E-state index in [0.717, 1.165) is 12.8 Å². The first-order valence-corrected chi connectivity index (χ1v) is 8.77. The highest BCUT2D eigenvalue weighted by molar-refractivity contribution is 7.19. The fraction of sp³-hybridized carbons (Fsp3) is 0.444. The normalized spacial score (nSPS) is 18.1. The van der Waals surface area contributed by atoms with Gasteiger partial charge in [0.15, 0.2) is 0 Å². The Morgan fingerprint density at radius 1 is 1.48 bits per heavy atom. The minimum Gasteiger partial charge on any atom is -0.337 e. The molecule has 0 unspecified atom stereocenters. The summed E-state index contributed by atoms with van der Waals surface area (Å²) >= 11 is 1.74. The maximum Gasteiger partial charge on any atom is 0.235 e. The first-order chi connectivity index (χ1) is 11.0. The molecule has 0 spiro atoms. The molecule has 1 aliphatic carbocycles. The minimum atomic E-state index is -0.723. The van der Waals surface area contributed by atoms with Crippen LogP contribution in [0, 0.1) is 17.2 Å². The number of nitriles is 1. The number of carbonyl (C=O) groups is 1. The average Bonchev–Trinajstić information content (AvgIpc) is 3.32. The zero-order valence-electron chi connectivity index (χ0n) is 13.4. The molecule has 2 aromatic rings. The molecule has 2 N–H and O–H groups in total. The summed E-state index contributed by atoms with van der Waals surface area (Å²) in [5.41, 5.74) is -0.723. The van der Waals surface area contributed by atoms with E-state index in [1.165, 1.54) is 15.0 Å². The number of rotatable bonds is 6. The van der Waals surface area contributed by atoms with Crippen LogP contribution in [0.1, 0.15) is 37.6 Å². The lowest BCUT2D eigenvalue weighted by Gasteiger charge is -2.23. The number of amides is 1. The summed E-state index contributed by atoms with van der Waals surface area (Å²) < 4.78 is 1.26. The van der Waals surface area contributed by atoms with E-state index in [9.17, 15) is 10.1 Å². The molecule has 5 heteroatoms. The molecule has 4 nitrogen and oxygen atoms in total. The smallest absolute Gasteiger partial charge is 0.235 e. The van der Waals surface area contributed by atoms with Crippen molar-refractivity contribution in [2.45, 2.75) is 38.3 Å². The molecule has 1 saturated carbocycles. The number of carbonyl (C=O) groups excluding carboxylic acids is 1. The molecule has 1 aliphatic rings. The van der Waals surface area contributed by atoms with Crippen LogP contribution in [0.4, 0.5) is 0 Å². The third-order valence-corrected chi connectivity index (χ3v) is 5.76. The Bertz CT molecular complexity index is 726. The van der Waals surface area contributed by atoms with Crippen molar-refractivity contribution in [3.63, 3.8) is 0 Å².